The minimum Gasteiger partial charge on any atom is -0.352 e. The topological polar surface area (TPSA) is 61.7 Å². The predicted octanol–water partition coefficient (Wildman–Crippen LogP) is 5.42. The van der Waals surface area contributed by atoms with Gasteiger partial charge >= 0.3 is 11.9 Å². The van der Waals surface area contributed by atoms with Crippen molar-refractivity contribution in [3.05, 3.63) is 63.6 Å². The van der Waals surface area contributed by atoms with Crippen molar-refractivity contribution in [2.24, 2.45) is 5.41 Å². The Bertz CT molecular complexity index is 1780. The molecule has 3 aliphatic heterocycles. The number of rotatable bonds is 4. The number of carbonyl (C=O) groups is 1. The van der Waals surface area contributed by atoms with Crippen LogP contribution < -0.4 is 10.6 Å². The number of nitrogens with zero attached hydrogens (tertiary/aromatic N) is 5. The average Bonchev–Trinajstić information content (AvgIpc) is 3.82. The molecule has 3 aromatic rings. The molecule has 7 rings (SSSR count). The van der Waals surface area contributed by atoms with Crippen molar-refractivity contribution in [2.75, 3.05) is 49.9 Å². The van der Waals surface area contributed by atoms with Crippen LogP contribution in [0.2, 0.25) is 5.02 Å². The smallest absolute Gasteiger partial charge is 0.352 e. The first-order valence-electron chi connectivity index (χ1n) is 14.3. The van der Waals surface area contributed by atoms with Crippen LogP contribution in [-0.2, 0) is 17.5 Å². The summed E-state index contributed by atoms with van der Waals surface area (Å²) < 4.78 is 75.7. The van der Waals surface area contributed by atoms with Crippen LogP contribution in [0.15, 0.2) is 40.5 Å². The molecular formula is C30H27ClF5N5O2S. The van der Waals surface area contributed by atoms with Crippen LogP contribution in [0.3, 0.4) is 0 Å². The number of likely N-dealkylation sites (tertiary alicyclic amines) is 1. The van der Waals surface area contributed by atoms with Crippen LogP contribution in [0.4, 0.5) is 27.8 Å². The summed E-state index contributed by atoms with van der Waals surface area (Å²) in [6.45, 7) is 6.13. The number of amides is 1. The van der Waals surface area contributed by atoms with Gasteiger partial charge in [-0.05, 0) is 31.1 Å². The van der Waals surface area contributed by atoms with Crippen LogP contribution in [0.25, 0.3) is 22.0 Å². The summed E-state index contributed by atoms with van der Waals surface area (Å²) in [4.78, 5) is 35.9. The lowest BCUT2D eigenvalue weighted by Crippen LogP contribution is -2.60. The quantitative estimate of drug-likeness (QED) is 0.214. The van der Waals surface area contributed by atoms with Gasteiger partial charge in [0.25, 0.3) is 0 Å². The van der Waals surface area contributed by atoms with Crippen molar-refractivity contribution in [2.45, 2.75) is 36.5 Å². The minimum atomic E-state index is -4.94. The van der Waals surface area contributed by atoms with E-state index in [0.717, 1.165) is 36.7 Å². The first-order valence-corrected chi connectivity index (χ1v) is 15.6. The van der Waals surface area contributed by atoms with E-state index in [9.17, 15) is 27.2 Å². The van der Waals surface area contributed by atoms with Crippen LogP contribution >= 0.6 is 23.4 Å². The molecule has 3 fully saturated rings. The second-order valence-electron chi connectivity index (χ2n) is 12.0. The van der Waals surface area contributed by atoms with Crippen molar-refractivity contribution in [3.63, 3.8) is 0 Å². The number of thioether (sulfide) groups is 1. The molecule has 0 atom stereocenters. The molecule has 0 N–H and O–H groups in total. The van der Waals surface area contributed by atoms with E-state index in [0.29, 0.717) is 31.0 Å². The summed E-state index contributed by atoms with van der Waals surface area (Å²) in [5.74, 6) is -2.08. The zero-order chi connectivity index (χ0) is 31.1. The Balaban J connectivity index is 1.46. The molecule has 4 heterocycles. The summed E-state index contributed by atoms with van der Waals surface area (Å²) in [5.41, 5.74) is -2.88. The largest absolute Gasteiger partial charge is 0.417 e. The fourth-order valence-corrected chi connectivity index (χ4v) is 8.31. The highest BCUT2D eigenvalue weighted by Gasteiger charge is 2.50. The molecule has 1 aliphatic carbocycles. The second-order valence-corrected chi connectivity index (χ2v) is 13.4. The van der Waals surface area contributed by atoms with Crippen molar-refractivity contribution in [1.29, 1.82) is 0 Å². The molecule has 2 aromatic carbocycles. The first kappa shape index (κ1) is 29.5. The van der Waals surface area contributed by atoms with Crippen molar-refractivity contribution in [1.82, 2.24) is 19.4 Å². The van der Waals surface area contributed by atoms with Gasteiger partial charge in [-0.25, -0.2) is 13.6 Å². The van der Waals surface area contributed by atoms with Gasteiger partial charge in [0.15, 0.2) is 0 Å². The summed E-state index contributed by atoms with van der Waals surface area (Å²) >= 11 is 7.14. The van der Waals surface area contributed by atoms with E-state index < -0.39 is 50.6 Å². The van der Waals surface area contributed by atoms with Gasteiger partial charge in [0.05, 0.1) is 16.1 Å². The lowest BCUT2D eigenvalue weighted by Gasteiger charge is -2.50. The molecule has 4 aliphatic rings. The molecule has 7 nitrogen and oxygen atoms in total. The number of hydrogen-bond acceptors (Lipinski definition) is 6. The second kappa shape index (κ2) is 10.4. The van der Waals surface area contributed by atoms with Crippen molar-refractivity contribution in [3.8, 4) is 11.1 Å². The van der Waals surface area contributed by atoms with Crippen LogP contribution in [0.1, 0.15) is 18.4 Å². The highest BCUT2D eigenvalue weighted by Crippen LogP contribution is 2.52. The fourth-order valence-electron chi connectivity index (χ4n) is 6.71. The number of aromatic nitrogens is 2. The maximum absolute atomic E-state index is 15.4. The van der Waals surface area contributed by atoms with E-state index in [1.807, 2.05) is 0 Å². The highest BCUT2D eigenvalue weighted by molar-refractivity contribution is 7.99. The number of anilines is 1. The van der Waals surface area contributed by atoms with Crippen LogP contribution in [0, 0.1) is 17.0 Å². The molecule has 2 saturated heterocycles. The summed E-state index contributed by atoms with van der Waals surface area (Å²) in [6.07, 6.45) is -1.55. The number of alkyl halides is 3. The molecule has 0 radical (unpaired) electrons. The van der Waals surface area contributed by atoms with Gasteiger partial charge in [0.1, 0.15) is 17.5 Å². The Hall–Kier alpha value is -3.16. The van der Waals surface area contributed by atoms with Crippen molar-refractivity contribution < 1.29 is 26.7 Å². The van der Waals surface area contributed by atoms with Gasteiger partial charge in [0.2, 0.25) is 5.91 Å². The van der Waals surface area contributed by atoms with Gasteiger partial charge in [0, 0.05) is 90.5 Å². The standard InChI is InChI=1S/C30H27ClF5N5O2S/c1-2-23(42)38-5-7-39(8-6-38)27-18-9-19(30(34,35)36)24(17-10-20(31)22(33)11-21(17)32)26-25(18)41(28(43)37-27)14-29(15-44-26)12-40(13-29)16-3-4-16/h2,9-11,16H,1,3-8,12-15H2. The molecule has 232 valence electrons. The lowest BCUT2D eigenvalue weighted by atomic mass is 9.81. The van der Waals surface area contributed by atoms with Gasteiger partial charge in [-0.1, -0.05) is 18.2 Å². The molecule has 1 aromatic heterocycles. The van der Waals surface area contributed by atoms with Crippen LogP contribution in [-0.4, -0.2) is 76.3 Å². The molecule has 0 bridgehead atoms. The molecule has 1 spiro atoms. The third-order valence-corrected chi connectivity index (χ3v) is 10.7. The van der Waals surface area contributed by atoms with E-state index >= 15 is 4.39 Å². The number of hydrogen-bond donors (Lipinski definition) is 0. The van der Waals surface area contributed by atoms with Gasteiger partial charge < -0.3 is 9.80 Å². The minimum absolute atomic E-state index is 0.0765. The Morgan fingerprint density at radius 1 is 1.07 bits per heavy atom. The molecule has 44 heavy (non-hydrogen) atoms. The molecule has 14 heteroatoms. The van der Waals surface area contributed by atoms with E-state index in [-0.39, 0.29) is 60.2 Å². The number of benzene rings is 2. The molecule has 1 saturated carbocycles. The average molecular weight is 652 g/mol. The van der Waals surface area contributed by atoms with Gasteiger partial charge in [-0.15, -0.1) is 11.8 Å². The van der Waals surface area contributed by atoms with Crippen LogP contribution in [0.5, 0.6) is 0 Å². The molecular weight excluding hydrogens is 625 g/mol. The predicted molar refractivity (Wildman–Crippen MR) is 158 cm³/mol. The van der Waals surface area contributed by atoms with E-state index in [1.165, 1.54) is 10.6 Å². The van der Waals surface area contributed by atoms with E-state index in [2.05, 4.69) is 16.5 Å². The maximum Gasteiger partial charge on any atom is 0.417 e. The summed E-state index contributed by atoms with van der Waals surface area (Å²) in [5, 5.41) is -0.411. The lowest BCUT2D eigenvalue weighted by molar-refractivity contribution is -0.137. The zero-order valence-corrected chi connectivity index (χ0v) is 25.0. The third-order valence-electron chi connectivity index (χ3n) is 9.01. The zero-order valence-electron chi connectivity index (χ0n) is 23.4. The summed E-state index contributed by atoms with van der Waals surface area (Å²) in [7, 11) is 0. The van der Waals surface area contributed by atoms with Gasteiger partial charge in [-0.2, -0.15) is 18.2 Å². The Morgan fingerprint density at radius 2 is 1.77 bits per heavy atom. The molecule has 0 unspecified atom stereocenters. The summed E-state index contributed by atoms with van der Waals surface area (Å²) in [6, 6.07) is 2.76. The van der Waals surface area contributed by atoms with Gasteiger partial charge in [-0.3, -0.25) is 14.3 Å². The Kier molecular flexibility index (Phi) is 7.02. The first-order chi connectivity index (χ1) is 20.9. The van der Waals surface area contributed by atoms with Crippen molar-refractivity contribution >= 4 is 46.0 Å². The number of carbonyl (C=O) groups excluding carboxylic acids is 1. The maximum atomic E-state index is 15.4. The Morgan fingerprint density at radius 3 is 2.41 bits per heavy atom. The van der Waals surface area contributed by atoms with E-state index in [1.54, 1.807) is 9.80 Å². The fraction of sp³-hybridized carbons (Fsp3) is 0.433. The number of piperazine rings is 1. The molecule has 1 amide bonds. The highest BCUT2D eigenvalue weighted by atomic mass is 35.5. The Labute approximate surface area is 258 Å². The SMILES string of the molecule is C=CC(=O)N1CCN(c2nc(=O)n3c4c(c(-c5cc(Cl)c(F)cc5F)c(C(F)(F)F)cc24)SCC2(CN(C4CC4)C2)C3)CC1. The number of halogens is 6. The van der Waals surface area contributed by atoms with E-state index in [4.69, 9.17) is 11.6 Å². The monoisotopic (exact) mass is 651 g/mol. The normalized spacial score (nSPS) is 20.1. The third kappa shape index (κ3) is 4.87.